The minimum Gasteiger partial charge on any atom is -0.461 e. The van der Waals surface area contributed by atoms with Crippen LogP contribution in [0.4, 0.5) is 0 Å². The summed E-state index contributed by atoms with van der Waals surface area (Å²) in [7, 11) is 0. The van der Waals surface area contributed by atoms with Gasteiger partial charge in [0, 0.05) is 12.0 Å². The molecular formula is C19H25NO3. The van der Waals surface area contributed by atoms with Gasteiger partial charge in [-0.25, -0.2) is 9.78 Å². The summed E-state index contributed by atoms with van der Waals surface area (Å²) in [5.41, 5.74) is 1.19. The third-order valence-electron chi connectivity index (χ3n) is 3.69. The minimum absolute atomic E-state index is 0.321. The maximum atomic E-state index is 12.1. The summed E-state index contributed by atoms with van der Waals surface area (Å²) >= 11 is 0. The number of esters is 1. The highest BCUT2D eigenvalue weighted by molar-refractivity contribution is 5.89. The first-order chi connectivity index (χ1) is 11.3. The zero-order valence-electron chi connectivity index (χ0n) is 14.0. The Morgan fingerprint density at radius 3 is 2.52 bits per heavy atom. The van der Waals surface area contributed by atoms with E-state index in [1.165, 1.54) is 19.3 Å². The summed E-state index contributed by atoms with van der Waals surface area (Å²) in [6, 6.07) is 9.63. The number of benzene rings is 1. The van der Waals surface area contributed by atoms with Crippen LogP contribution in [-0.4, -0.2) is 17.6 Å². The normalized spacial score (nSPS) is 10.7. The summed E-state index contributed by atoms with van der Waals surface area (Å²) in [6.45, 7) is 4.32. The number of rotatable bonds is 9. The predicted octanol–water partition coefficient (Wildman–Crippen LogP) is 5.03. The number of carbonyl (C=O) groups excluding carboxylic acids is 1. The fourth-order valence-corrected chi connectivity index (χ4v) is 2.47. The van der Waals surface area contributed by atoms with Gasteiger partial charge in [0.25, 0.3) is 0 Å². The average Bonchev–Trinajstić information content (AvgIpc) is 3.00. The van der Waals surface area contributed by atoms with Gasteiger partial charge in [0.05, 0.1) is 6.61 Å². The first-order valence-corrected chi connectivity index (χ1v) is 8.48. The van der Waals surface area contributed by atoms with Gasteiger partial charge in [0.1, 0.15) is 5.76 Å². The molecule has 0 amide bonds. The van der Waals surface area contributed by atoms with Crippen LogP contribution in [-0.2, 0) is 11.2 Å². The van der Waals surface area contributed by atoms with E-state index in [4.69, 9.17) is 9.15 Å². The van der Waals surface area contributed by atoms with E-state index in [0.29, 0.717) is 24.0 Å². The van der Waals surface area contributed by atoms with Gasteiger partial charge >= 0.3 is 5.97 Å². The molecule has 1 aromatic carbocycles. The first kappa shape index (κ1) is 17.3. The monoisotopic (exact) mass is 315 g/mol. The summed E-state index contributed by atoms with van der Waals surface area (Å²) in [5.74, 6) is 0.720. The van der Waals surface area contributed by atoms with Crippen LogP contribution in [0, 0.1) is 0 Å². The Labute approximate surface area is 137 Å². The maximum absolute atomic E-state index is 12.1. The SMILES string of the molecule is CCCCCCCc1oc(-c2ccccc2)nc1C(=O)OCC. The lowest BCUT2D eigenvalue weighted by atomic mass is 10.1. The van der Waals surface area contributed by atoms with Crippen LogP contribution in [0.3, 0.4) is 0 Å². The van der Waals surface area contributed by atoms with Gasteiger partial charge in [-0.1, -0.05) is 50.8 Å². The molecule has 4 nitrogen and oxygen atoms in total. The van der Waals surface area contributed by atoms with Crippen LogP contribution in [0.1, 0.15) is 62.2 Å². The number of unbranched alkanes of at least 4 members (excludes halogenated alkanes) is 4. The largest absolute Gasteiger partial charge is 0.461 e. The van der Waals surface area contributed by atoms with Crippen molar-refractivity contribution < 1.29 is 13.9 Å². The summed E-state index contributed by atoms with van der Waals surface area (Å²) in [5, 5.41) is 0. The molecule has 0 bridgehead atoms. The first-order valence-electron chi connectivity index (χ1n) is 8.48. The van der Waals surface area contributed by atoms with E-state index in [1.807, 2.05) is 30.3 Å². The molecule has 4 heteroatoms. The Balaban J connectivity index is 2.13. The predicted molar refractivity (Wildman–Crippen MR) is 90.4 cm³/mol. The summed E-state index contributed by atoms with van der Waals surface area (Å²) in [6.07, 6.45) is 6.53. The van der Waals surface area contributed by atoms with Gasteiger partial charge in [-0.05, 0) is 25.5 Å². The topological polar surface area (TPSA) is 52.3 Å². The third kappa shape index (κ3) is 4.95. The van der Waals surface area contributed by atoms with Crippen molar-refractivity contribution in [2.24, 2.45) is 0 Å². The Hall–Kier alpha value is -2.10. The smallest absolute Gasteiger partial charge is 0.360 e. The van der Waals surface area contributed by atoms with Crippen molar-refractivity contribution in [2.45, 2.75) is 52.4 Å². The Morgan fingerprint density at radius 1 is 1.09 bits per heavy atom. The number of aryl methyl sites for hydroxylation is 1. The van der Waals surface area contributed by atoms with Crippen LogP contribution >= 0.6 is 0 Å². The standard InChI is InChI=1S/C19H25NO3/c1-3-5-6-7-11-14-16-17(19(21)22-4-2)20-18(23-16)15-12-9-8-10-13-15/h8-10,12-13H,3-7,11,14H2,1-2H3. The quantitative estimate of drug-likeness (QED) is 0.481. The van der Waals surface area contributed by atoms with Gasteiger partial charge in [0.15, 0.2) is 5.69 Å². The second-order valence-corrected chi connectivity index (χ2v) is 5.54. The molecule has 0 radical (unpaired) electrons. The highest BCUT2D eigenvalue weighted by Gasteiger charge is 2.21. The van der Waals surface area contributed by atoms with E-state index in [9.17, 15) is 4.79 Å². The number of carbonyl (C=O) groups is 1. The molecule has 1 heterocycles. The van der Waals surface area contributed by atoms with Gasteiger partial charge in [-0.3, -0.25) is 0 Å². The Morgan fingerprint density at radius 2 is 1.83 bits per heavy atom. The highest BCUT2D eigenvalue weighted by atomic mass is 16.5. The minimum atomic E-state index is -0.401. The highest BCUT2D eigenvalue weighted by Crippen LogP contribution is 2.24. The molecule has 0 unspecified atom stereocenters. The summed E-state index contributed by atoms with van der Waals surface area (Å²) in [4.78, 5) is 16.5. The molecule has 0 atom stereocenters. The molecule has 0 saturated heterocycles. The lowest BCUT2D eigenvalue weighted by Crippen LogP contribution is -2.08. The van der Waals surface area contributed by atoms with Crippen LogP contribution in [0.15, 0.2) is 34.7 Å². The fraction of sp³-hybridized carbons (Fsp3) is 0.474. The van der Waals surface area contributed by atoms with Crippen molar-refractivity contribution in [3.05, 3.63) is 41.8 Å². The molecule has 0 fully saturated rings. The maximum Gasteiger partial charge on any atom is 0.360 e. The molecule has 23 heavy (non-hydrogen) atoms. The van der Waals surface area contributed by atoms with E-state index in [0.717, 1.165) is 24.8 Å². The van der Waals surface area contributed by atoms with Crippen molar-refractivity contribution in [2.75, 3.05) is 6.61 Å². The van der Waals surface area contributed by atoms with Crippen molar-refractivity contribution in [3.63, 3.8) is 0 Å². The van der Waals surface area contributed by atoms with E-state index in [2.05, 4.69) is 11.9 Å². The van der Waals surface area contributed by atoms with Crippen LogP contribution in [0.25, 0.3) is 11.5 Å². The number of nitrogens with zero attached hydrogens (tertiary/aromatic N) is 1. The number of aromatic nitrogens is 1. The number of hydrogen-bond acceptors (Lipinski definition) is 4. The second kappa shape index (κ2) is 9.13. The molecule has 0 spiro atoms. The van der Waals surface area contributed by atoms with Crippen molar-refractivity contribution in [1.29, 1.82) is 0 Å². The lowest BCUT2D eigenvalue weighted by molar-refractivity contribution is 0.0517. The average molecular weight is 315 g/mol. The van der Waals surface area contributed by atoms with Crippen LogP contribution in [0.5, 0.6) is 0 Å². The van der Waals surface area contributed by atoms with Gasteiger partial charge in [-0.15, -0.1) is 0 Å². The van der Waals surface area contributed by atoms with Gasteiger partial charge in [-0.2, -0.15) is 0 Å². The molecule has 0 aliphatic carbocycles. The zero-order chi connectivity index (χ0) is 16.5. The lowest BCUT2D eigenvalue weighted by Gasteiger charge is -2.01. The third-order valence-corrected chi connectivity index (χ3v) is 3.69. The molecule has 2 aromatic rings. The number of hydrogen-bond donors (Lipinski definition) is 0. The van der Waals surface area contributed by atoms with Crippen LogP contribution < -0.4 is 0 Å². The van der Waals surface area contributed by atoms with Crippen molar-refractivity contribution in [3.8, 4) is 11.5 Å². The number of ether oxygens (including phenoxy) is 1. The zero-order valence-corrected chi connectivity index (χ0v) is 14.0. The summed E-state index contributed by atoms with van der Waals surface area (Å²) < 4.78 is 11.0. The molecule has 0 aliphatic rings. The number of oxazole rings is 1. The molecule has 0 aliphatic heterocycles. The Bertz CT molecular complexity index is 604. The molecule has 124 valence electrons. The van der Waals surface area contributed by atoms with E-state index < -0.39 is 5.97 Å². The molecule has 0 N–H and O–H groups in total. The van der Waals surface area contributed by atoms with Crippen LogP contribution in [0.2, 0.25) is 0 Å². The van der Waals surface area contributed by atoms with Crippen molar-refractivity contribution >= 4 is 5.97 Å². The fourth-order valence-electron chi connectivity index (χ4n) is 2.47. The molecular weight excluding hydrogens is 290 g/mol. The molecule has 2 rings (SSSR count). The molecule has 0 saturated carbocycles. The van der Waals surface area contributed by atoms with E-state index in [1.54, 1.807) is 6.92 Å². The van der Waals surface area contributed by atoms with Crippen molar-refractivity contribution in [1.82, 2.24) is 4.98 Å². The molecule has 1 aromatic heterocycles. The van der Waals surface area contributed by atoms with E-state index >= 15 is 0 Å². The van der Waals surface area contributed by atoms with Gasteiger partial charge < -0.3 is 9.15 Å². The Kier molecular flexibility index (Phi) is 6.85. The second-order valence-electron chi connectivity index (χ2n) is 5.54. The van der Waals surface area contributed by atoms with Gasteiger partial charge in [0.2, 0.25) is 5.89 Å². The van der Waals surface area contributed by atoms with E-state index in [-0.39, 0.29) is 0 Å².